The third kappa shape index (κ3) is 5.37. The number of amides is 1. The number of rotatable bonds is 9. The van der Waals surface area contributed by atoms with E-state index in [-0.39, 0.29) is 18.2 Å². The molecule has 1 aromatic carbocycles. The van der Waals surface area contributed by atoms with Crippen LogP contribution in [0.25, 0.3) is 11.3 Å². The molecule has 0 aliphatic carbocycles. The number of nitrogens with zero attached hydrogens (tertiary/aromatic N) is 3. The number of primary amides is 1. The summed E-state index contributed by atoms with van der Waals surface area (Å²) >= 11 is 0. The zero-order valence-corrected chi connectivity index (χ0v) is 20.0. The molecule has 0 unspecified atom stereocenters. The summed E-state index contributed by atoms with van der Waals surface area (Å²) in [4.78, 5) is 23.7. The highest BCUT2D eigenvalue weighted by Crippen LogP contribution is 2.35. The summed E-state index contributed by atoms with van der Waals surface area (Å²) in [5.74, 6) is 0.620. The molecule has 0 spiro atoms. The molecule has 1 aliphatic rings. The maximum atomic E-state index is 12.2. The van der Waals surface area contributed by atoms with Gasteiger partial charge in [0.25, 0.3) is 5.91 Å². The molecule has 7 heteroatoms. The van der Waals surface area contributed by atoms with Gasteiger partial charge in [0, 0.05) is 18.3 Å². The molecule has 1 saturated heterocycles. The average Bonchev–Trinajstić information content (AvgIpc) is 3.17. The van der Waals surface area contributed by atoms with Crippen LogP contribution in [0.3, 0.4) is 0 Å². The van der Waals surface area contributed by atoms with Gasteiger partial charge in [-0.15, -0.1) is 0 Å². The second kappa shape index (κ2) is 10.7. The van der Waals surface area contributed by atoms with E-state index in [9.17, 15) is 4.79 Å². The third-order valence-corrected chi connectivity index (χ3v) is 6.16. The number of hydrogen-bond acceptors (Lipinski definition) is 6. The van der Waals surface area contributed by atoms with E-state index in [1.807, 2.05) is 49.4 Å². The first-order valence-corrected chi connectivity index (χ1v) is 11.8. The molecule has 1 aliphatic heterocycles. The van der Waals surface area contributed by atoms with E-state index in [4.69, 9.17) is 20.2 Å². The lowest BCUT2D eigenvalue weighted by atomic mass is 10.1. The minimum Gasteiger partial charge on any atom is -0.472 e. The Morgan fingerprint density at radius 3 is 2.53 bits per heavy atom. The van der Waals surface area contributed by atoms with E-state index in [1.165, 1.54) is 0 Å². The highest BCUT2D eigenvalue weighted by Gasteiger charge is 2.31. The summed E-state index contributed by atoms with van der Waals surface area (Å²) in [6.45, 7) is 7.20. The summed E-state index contributed by atoms with van der Waals surface area (Å²) in [7, 11) is 0. The van der Waals surface area contributed by atoms with Gasteiger partial charge in [0.15, 0.2) is 0 Å². The molecule has 1 fully saturated rings. The lowest BCUT2D eigenvalue weighted by molar-refractivity contribution is 0.0475. The second-order valence-electron chi connectivity index (χ2n) is 8.90. The molecular formula is C27H32N4O3. The molecule has 0 radical (unpaired) electrons. The van der Waals surface area contributed by atoms with Gasteiger partial charge in [-0.2, -0.15) is 0 Å². The Balaban J connectivity index is 1.54. The fourth-order valence-electron chi connectivity index (χ4n) is 4.42. The smallest absolute Gasteiger partial charge is 0.252 e. The number of aromatic nitrogens is 2. The van der Waals surface area contributed by atoms with Gasteiger partial charge in [0.1, 0.15) is 11.9 Å². The van der Waals surface area contributed by atoms with Crippen molar-refractivity contribution in [2.24, 2.45) is 5.73 Å². The lowest BCUT2D eigenvalue weighted by Crippen LogP contribution is -2.35. The van der Waals surface area contributed by atoms with Crippen molar-refractivity contribution in [3.05, 3.63) is 71.9 Å². The highest BCUT2D eigenvalue weighted by atomic mass is 16.5. The Labute approximate surface area is 200 Å². The lowest BCUT2D eigenvalue weighted by Gasteiger charge is -2.29. The zero-order valence-electron chi connectivity index (χ0n) is 20.0. The molecule has 7 nitrogen and oxygen atoms in total. The van der Waals surface area contributed by atoms with Gasteiger partial charge < -0.3 is 20.1 Å². The molecular weight excluding hydrogens is 428 g/mol. The number of nitrogens with two attached hydrogens (primary N) is 1. The zero-order chi connectivity index (χ0) is 24.1. The molecule has 3 heterocycles. The van der Waals surface area contributed by atoms with Gasteiger partial charge in [-0.05, 0) is 63.4 Å². The first kappa shape index (κ1) is 23.7. The molecule has 178 valence electrons. The van der Waals surface area contributed by atoms with Crippen LogP contribution < -0.4 is 15.4 Å². The van der Waals surface area contributed by atoms with Crippen LogP contribution in [0, 0.1) is 0 Å². The van der Waals surface area contributed by atoms with Crippen LogP contribution in [-0.4, -0.2) is 40.7 Å². The normalized spacial score (nSPS) is 18.6. The SMILES string of the molecule is C[C@H](COCc1ccccc1)Oc1ncccc1-c1ccc(C(N)=O)c(N2[C@H](C)CC[C@@H]2C)n1. The minimum absolute atomic E-state index is 0.208. The highest BCUT2D eigenvalue weighted by molar-refractivity contribution is 5.98. The first-order chi connectivity index (χ1) is 16.4. The van der Waals surface area contributed by atoms with Gasteiger partial charge in [0.05, 0.1) is 30.0 Å². The van der Waals surface area contributed by atoms with Gasteiger partial charge in [-0.25, -0.2) is 9.97 Å². The maximum Gasteiger partial charge on any atom is 0.252 e. The molecule has 4 rings (SSSR count). The molecule has 1 amide bonds. The Bertz CT molecular complexity index is 1110. The standard InChI is InChI=1S/C27H32N4O3/c1-18-11-12-19(2)31(18)26-23(25(28)32)13-14-24(30-26)22-10-7-15-29-27(22)34-20(3)16-33-17-21-8-5-4-6-9-21/h4-10,13-15,18-20H,11-12,16-17H2,1-3H3,(H2,28,32)/t18-,19+,20-/m1/s1. The molecule has 3 aromatic rings. The van der Waals surface area contributed by atoms with Gasteiger partial charge >= 0.3 is 0 Å². The quantitative estimate of drug-likeness (QED) is 0.502. The average molecular weight is 461 g/mol. The molecule has 2 aromatic heterocycles. The summed E-state index contributed by atoms with van der Waals surface area (Å²) in [5.41, 5.74) is 8.68. The van der Waals surface area contributed by atoms with E-state index >= 15 is 0 Å². The van der Waals surface area contributed by atoms with Crippen LogP contribution in [0.2, 0.25) is 0 Å². The number of pyridine rings is 2. The predicted octanol–water partition coefficient (Wildman–Crippen LogP) is 4.60. The third-order valence-electron chi connectivity index (χ3n) is 6.16. The predicted molar refractivity (Wildman–Crippen MR) is 133 cm³/mol. The fraction of sp³-hybridized carbons (Fsp3) is 0.370. The summed E-state index contributed by atoms with van der Waals surface area (Å²) in [6, 6.07) is 17.9. The van der Waals surface area contributed by atoms with Crippen molar-refractivity contribution in [3.8, 4) is 17.1 Å². The first-order valence-electron chi connectivity index (χ1n) is 11.8. The Morgan fingerprint density at radius 1 is 1.09 bits per heavy atom. The van der Waals surface area contributed by atoms with Crippen molar-refractivity contribution >= 4 is 11.7 Å². The van der Waals surface area contributed by atoms with Crippen LogP contribution in [0.1, 0.15) is 49.5 Å². The molecule has 0 bridgehead atoms. The van der Waals surface area contributed by atoms with Crippen LogP contribution in [0.4, 0.5) is 5.82 Å². The minimum atomic E-state index is -0.479. The van der Waals surface area contributed by atoms with Gasteiger partial charge in [0.2, 0.25) is 5.88 Å². The van der Waals surface area contributed by atoms with Crippen molar-refractivity contribution in [1.82, 2.24) is 9.97 Å². The van der Waals surface area contributed by atoms with E-state index in [0.717, 1.165) is 24.0 Å². The Morgan fingerprint density at radius 2 is 1.82 bits per heavy atom. The molecule has 34 heavy (non-hydrogen) atoms. The van der Waals surface area contributed by atoms with E-state index in [1.54, 1.807) is 18.3 Å². The number of carbonyl (C=O) groups is 1. The molecule has 2 N–H and O–H groups in total. The van der Waals surface area contributed by atoms with E-state index in [2.05, 4.69) is 23.7 Å². The number of benzene rings is 1. The number of carbonyl (C=O) groups excluding carboxylic acids is 1. The number of ether oxygens (including phenoxy) is 2. The maximum absolute atomic E-state index is 12.2. The summed E-state index contributed by atoms with van der Waals surface area (Å²) < 4.78 is 12.0. The van der Waals surface area contributed by atoms with Crippen molar-refractivity contribution in [3.63, 3.8) is 0 Å². The summed E-state index contributed by atoms with van der Waals surface area (Å²) in [6.07, 6.45) is 3.58. The van der Waals surface area contributed by atoms with Crippen LogP contribution in [-0.2, 0) is 11.3 Å². The Kier molecular flexibility index (Phi) is 7.43. The number of anilines is 1. The summed E-state index contributed by atoms with van der Waals surface area (Å²) in [5, 5.41) is 0. The van der Waals surface area contributed by atoms with Gasteiger partial charge in [-0.1, -0.05) is 30.3 Å². The number of hydrogen-bond donors (Lipinski definition) is 1. The van der Waals surface area contributed by atoms with Crippen molar-refractivity contribution < 1.29 is 14.3 Å². The fourth-order valence-corrected chi connectivity index (χ4v) is 4.42. The van der Waals surface area contributed by atoms with Crippen molar-refractivity contribution in [2.45, 2.75) is 58.4 Å². The van der Waals surface area contributed by atoms with Crippen LogP contribution in [0.15, 0.2) is 60.8 Å². The largest absolute Gasteiger partial charge is 0.472 e. The van der Waals surface area contributed by atoms with Crippen molar-refractivity contribution in [2.75, 3.05) is 11.5 Å². The topological polar surface area (TPSA) is 90.6 Å². The molecule has 3 atom stereocenters. The molecule has 0 saturated carbocycles. The second-order valence-corrected chi connectivity index (χ2v) is 8.90. The van der Waals surface area contributed by atoms with E-state index in [0.29, 0.717) is 36.2 Å². The van der Waals surface area contributed by atoms with E-state index < -0.39 is 5.91 Å². The Hall–Kier alpha value is -3.45. The monoisotopic (exact) mass is 460 g/mol. The van der Waals surface area contributed by atoms with Crippen molar-refractivity contribution in [1.29, 1.82) is 0 Å². The van der Waals surface area contributed by atoms with Gasteiger partial charge in [-0.3, -0.25) is 4.79 Å². The van der Waals surface area contributed by atoms with Crippen LogP contribution in [0.5, 0.6) is 5.88 Å². The van der Waals surface area contributed by atoms with Crippen LogP contribution >= 0.6 is 0 Å².